The first kappa shape index (κ1) is 20.6. The third-order valence-corrected chi connectivity index (χ3v) is 6.09. The third-order valence-electron chi connectivity index (χ3n) is 5.07. The Morgan fingerprint density at radius 3 is 2.90 bits per heavy atom. The van der Waals surface area contributed by atoms with Gasteiger partial charge in [-0.3, -0.25) is 9.36 Å². The number of methoxy groups -OCH3 is 1. The van der Waals surface area contributed by atoms with Crippen molar-refractivity contribution in [1.82, 2.24) is 9.55 Å². The number of carbonyl (C=O) groups is 1. The van der Waals surface area contributed by atoms with Gasteiger partial charge in [-0.15, -0.1) is 0 Å². The molecule has 8 heteroatoms. The molecule has 2 heterocycles. The number of halogens is 1. The Kier molecular flexibility index (Phi) is 6.15. The molecule has 1 aliphatic heterocycles. The quantitative estimate of drug-likeness (QED) is 0.338. The summed E-state index contributed by atoms with van der Waals surface area (Å²) in [6.45, 7) is 1.07. The van der Waals surface area contributed by atoms with Crippen LogP contribution in [0.4, 0.5) is 4.39 Å². The van der Waals surface area contributed by atoms with Crippen molar-refractivity contribution in [3.63, 3.8) is 0 Å². The lowest BCUT2D eigenvalue weighted by atomic mass is 10.1. The number of thioether (sulfide) groups is 1. The van der Waals surface area contributed by atoms with Gasteiger partial charge in [0.1, 0.15) is 5.82 Å². The fourth-order valence-corrected chi connectivity index (χ4v) is 4.46. The number of esters is 1. The maximum Gasteiger partial charge on any atom is 0.337 e. The number of hydrogen-bond acceptors (Lipinski definition) is 6. The highest BCUT2D eigenvalue weighted by molar-refractivity contribution is 7.98. The fourth-order valence-electron chi connectivity index (χ4n) is 3.47. The summed E-state index contributed by atoms with van der Waals surface area (Å²) >= 11 is 1.29. The van der Waals surface area contributed by atoms with E-state index in [0.29, 0.717) is 46.1 Å². The number of ether oxygens (including phenoxy) is 2. The Morgan fingerprint density at radius 2 is 2.17 bits per heavy atom. The molecule has 0 spiro atoms. The van der Waals surface area contributed by atoms with Crippen LogP contribution < -0.4 is 5.56 Å². The van der Waals surface area contributed by atoms with E-state index in [1.807, 2.05) is 0 Å². The number of carbonyl (C=O) groups excluding carboxylic acids is 1. The van der Waals surface area contributed by atoms with Crippen LogP contribution in [0.25, 0.3) is 10.9 Å². The van der Waals surface area contributed by atoms with Crippen molar-refractivity contribution in [1.29, 1.82) is 0 Å². The van der Waals surface area contributed by atoms with Crippen LogP contribution in [-0.2, 0) is 21.8 Å². The molecule has 156 valence electrons. The molecule has 4 rings (SSSR count). The first-order valence-electron chi connectivity index (χ1n) is 9.67. The van der Waals surface area contributed by atoms with Gasteiger partial charge in [0.2, 0.25) is 0 Å². The summed E-state index contributed by atoms with van der Waals surface area (Å²) in [4.78, 5) is 29.7. The molecule has 2 aromatic carbocycles. The number of hydrogen-bond donors (Lipinski definition) is 0. The lowest BCUT2D eigenvalue weighted by molar-refractivity contribution is 0.0601. The number of nitrogens with zero attached hydrogens (tertiary/aromatic N) is 2. The topological polar surface area (TPSA) is 70.4 Å². The number of aromatic nitrogens is 2. The zero-order chi connectivity index (χ0) is 21.1. The summed E-state index contributed by atoms with van der Waals surface area (Å²) in [5.41, 5.74) is 1.05. The Morgan fingerprint density at radius 1 is 1.33 bits per heavy atom. The van der Waals surface area contributed by atoms with E-state index in [9.17, 15) is 14.0 Å². The van der Waals surface area contributed by atoms with E-state index < -0.39 is 5.97 Å². The Balaban J connectivity index is 1.75. The first-order chi connectivity index (χ1) is 14.6. The van der Waals surface area contributed by atoms with Gasteiger partial charge in [0.25, 0.3) is 5.56 Å². The van der Waals surface area contributed by atoms with Gasteiger partial charge in [0.05, 0.1) is 36.2 Å². The minimum Gasteiger partial charge on any atom is -0.465 e. The minimum absolute atomic E-state index is 0.0518. The molecule has 1 atom stereocenters. The third kappa shape index (κ3) is 4.24. The van der Waals surface area contributed by atoms with E-state index in [1.54, 1.807) is 41.0 Å². The van der Waals surface area contributed by atoms with Gasteiger partial charge in [-0.1, -0.05) is 30.0 Å². The second-order valence-electron chi connectivity index (χ2n) is 7.05. The van der Waals surface area contributed by atoms with Crippen LogP contribution in [0.5, 0.6) is 0 Å². The largest absolute Gasteiger partial charge is 0.465 e. The highest BCUT2D eigenvalue weighted by Crippen LogP contribution is 2.25. The second kappa shape index (κ2) is 8.97. The molecular formula is C22H21FN2O4S. The summed E-state index contributed by atoms with van der Waals surface area (Å²) < 4.78 is 26.1. The maximum atomic E-state index is 14.1. The molecular weight excluding hydrogens is 407 g/mol. The highest BCUT2D eigenvalue weighted by atomic mass is 32.2. The highest BCUT2D eigenvalue weighted by Gasteiger charge is 2.21. The fraction of sp³-hybridized carbons (Fsp3) is 0.318. The van der Waals surface area contributed by atoms with E-state index in [4.69, 9.17) is 9.47 Å². The van der Waals surface area contributed by atoms with Crippen molar-refractivity contribution in [3.8, 4) is 0 Å². The van der Waals surface area contributed by atoms with Crippen molar-refractivity contribution in [3.05, 3.63) is 69.8 Å². The molecule has 0 amide bonds. The van der Waals surface area contributed by atoms with Crippen molar-refractivity contribution < 1.29 is 18.7 Å². The van der Waals surface area contributed by atoms with Crippen LogP contribution in [0, 0.1) is 5.82 Å². The van der Waals surface area contributed by atoms with Crippen LogP contribution in [0.1, 0.15) is 28.8 Å². The Hall–Kier alpha value is -2.71. The molecule has 6 nitrogen and oxygen atoms in total. The van der Waals surface area contributed by atoms with Crippen LogP contribution in [0.2, 0.25) is 0 Å². The number of benzene rings is 2. The lowest BCUT2D eigenvalue weighted by Crippen LogP contribution is -2.29. The normalized spacial score (nSPS) is 16.1. The van der Waals surface area contributed by atoms with E-state index in [2.05, 4.69) is 4.98 Å². The van der Waals surface area contributed by atoms with Crippen molar-refractivity contribution in [2.24, 2.45) is 0 Å². The summed E-state index contributed by atoms with van der Waals surface area (Å²) in [6, 6.07) is 11.2. The average Bonchev–Trinajstić information content (AvgIpc) is 3.28. The van der Waals surface area contributed by atoms with Gasteiger partial charge >= 0.3 is 5.97 Å². The van der Waals surface area contributed by atoms with Crippen molar-refractivity contribution in [2.45, 2.75) is 36.4 Å². The van der Waals surface area contributed by atoms with Crippen LogP contribution >= 0.6 is 11.8 Å². The molecule has 1 fully saturated rings. The smallest absolute Gasteiger partial charge is 0.337 e. The zero-order valence-electron chi connectivity index (χ0n) is 16.5. The monoisotopic (exact) mass is 428 g/mol. The molecule has 0 N–H and O–H groups in total. The maximum absolute atomic E-state index is 14.1. The van der Waals surface area contributed by atoms with Crippen LogP contribution in [0.3, 0.4) is 0 Å². The van der Waals surface area contributed by atoms with E-state index in [-0.39, 0.29) is 17.5 Å². The molecule has 3 aromatic rings. The van der Waals surface area contributed by atoms with E-state index in [1.165, 1.54) is 24.9 Å². The number of fused-ring (bicyclic) bond motifs is 1. The van der Waals surface area contributed by atoms with E-state index in [0.717, 1.165) is 12.8 Å². The van der Waals surface area contributed by atoms with Crippen LogP contribution in [-0.4, -0.2) is 35.3 Å². The van der Waals surface area contributed by atoms with Crippen molar-refractivity contribution >= 4 is 28.6 Å². The zero-order valence-corrected chi connectivity index (χ0v) is 17.3. The summed E-state index contributed by atoms with van der Waals surface area (Å²) in [6.07, 6.45) is 1.79. The van der Waals surface area contributed by atoms with Gasteiger partial charge in [-0.25, -0.2) is 14.2 Å². The first-order valence-corrected chi connectivity index (χ1v) is 10.7. The van der Waals surface area contributed by atoms with Gasteiger partial charge in [0.15, 0.2) is 5.16 Å². The summed E-state index contributed by atoms with van der Waals surface area (Å²) in [7, 11) is 1.30. The molecule has 1 saturated heterocycles. The molecule has 0 radical (unpaired) electrons. The predicted octanol–water partition coefficient (Wildman–Crippen LogP) is 3.79. The van der Waals surface area contributed by atoms with E-state index >= 15 is 0 Å². The molecule has 1 aliphatic rings. The molecule has 0 bridgehead atoms. The van der Waals surface area contributed by atoms with Gasteiger partial charge in [0, 0.05) is 12.4 Å². The molecule has 1 aromatic heterocycles. The predicted molar refractivity (Wildman–Crippen MR) is 112 cm³/mol. The molecule has 0 aliphatic carbocycles. The van der Waals surface area contributed by atoms with Crippen LogP contribution in [0.15, 0.2) is 52.4 Å². The molecule has 0 saturated carbocycles. The van der Waals surface area contributed by atoms with Gasteiger partial charge in [-0.2, -0.15) is 0 Å². The van der Waals surface area contributed by atoms with Gasteiger partial charge in [-0.05, 0) is 42.7 Å². The van der Waals surface area contributed by atoms with Crippen molar-refractivity contribution in [2.75, 3.05) is 13.7 Å². The number of rotatable bonds is 6. The van der Waals surface area contributed by atoms with Gasteiger partial charge < -0.3 is 9.47 Å². The summed E-state index contributed by atoms with van der Waals surface area (Å²) in [5.74, 6) is -0.470. The summed E-state index contributed by atoms with van der Waals surface area (Å²) in [5, 5.41) is 0.879. The Labute approximate surface area is 177 Å². The molecule has 1 unspecified atom stereocenters. The SMILES string of the molecule is COC(=O)c1ccc2c(=O)n(CC3CCCO3)c(SCc3ccccc3F)nc2c1. The average molecular weight is 428 g/mol. The minimum atomic E-state index is -0.497. The second-order valence-corrected chi connectivity index (χ2v) is 7.99. The standard InChI is InChI=1S/C22H21FN2O4S/c1-28-21(27)14-8-9-17-19(11-14)24-22(30-13-15-5-2-3-7-18(15)23)25(20(17)26)12-16-6-4-10-29-16/h2-3,5,7-9,11,16H,4,6,10,12-13H2,1H3. The molecule has 30 heavy (non-hydrogen) atoms. The lowest BCUT2D eigenvalue weighted by Gasteiger charge is -2.17. The Bertz CT molecular complexity index is 1140.